The summed E-state index contributed by atoms with van der Waals surface area (Å²) in [6.45, 7) is 5.83. The zero-order chi connectivity index (χ0) is 9.84. The highest BCUT2D eigenvalue weighted by molar-refractivity contribution is 5.89. The maximum atomic E-state index is 11.0. The Bertz CT molecular complexity index is 236. The van der Waals surface area contributed by atoms with E-state index in [1.54, 1.807) is 0 Å². The second-order valence-electron chi connectivity index (χ2n) is 3.06. The Morgan fingerprint density at radius 2 is 2.38 bits per heavy atom. The van der Waals surface area contributed by atoms with Crippen LogP contribution in [0.3, 0.4) is 0 Å². The lowest BCUT2D eigenvalue weighted by molar-refractivity contribution is -0.185. The van der Waals surface area contributed by atoms with Gasteiger partial charge < -0.3 is 9.47 Å². The lowest BCUT2D eigenvalue weighted by Gasteiger charge is -2.23. The van der Waals surface area contributed by atoms with Gasteiger partial charge in [0.05, 0.1) is 13.0 Å². The fourth-order valence-electron chi connectivity index (χ4n) is 0.851. The lowest BCUT2D eigenvalue weighted by atomic mass is 10.2. The van der Waals surface area contributed by atoms with Gasteiger partial charge in [0.2, 0.25) is 6.10 Å². The zero-order valence-electron chi connectivity index (χ0n) is 7.54. The van der Waals surface area contributed by atoms with Gasteiger partial charge in [0, 0.05) is 6.42 Å². The normalized spacial score (nSPS) is 20.1. The van der Waals surface area contributed by atoms with Crippen molar-refractivity contribution in [3.05, 3.63) is 12.2 Å². The number of esters is 2. The van der Waals surface area contributed by atoms with Gasteiger partial charge in [0.1, 0.15) is 0 Å². The van der Waals surface area contributed by atoms with Gasteiger partial charge in [-0.25, -0.2) is 4.79 Å². The fraction of sp³-hybridized carbons (Fsp3) is 0.556. The Kier molecular flexibility index (Phi) is 3.06. The second-order valence-corrected chi connectivity index (χ2v) is 3.06. The van der Waals surface area contributed by atoms with E-state index in [0.717, 1.165) is 5.57 Å². The molecular weight excluding hydrogens is 172 g/mol. The summed E-state index contributed by atoms with van der Waals surface area (Å²) in [6, 6.07) is 0. The average Bonchev–Trinajstić information content (AvgIpc) is 1.97. The van der Waals surface area contributed by atoms with Gasteiger partial charge in [0.15, 0.2) is 0 Å². The van der Waals surface area contributed by atoms with Crippen LogP contribution in [0.2, 0.25) is 0 Å². The van der Waals surface area contributed by atoms with Crippen molar-refractivity contribution < 1.29 is 19.1 Å². The van der Waals surface area contributed by atoms with Crippen LogP contribution in [0, 0.1) is 0 Å². The van der Waals surface area contributed by atoms with Crippen molar-refractivity contribution in [2.75, 3.05) is 6.61 Å². The van der Waals surface area contributed by atoms with E-state index in [4.69, 9.17) is 4.74 Å². The fourth-order valence-corrected chi connectivity index (χ4v) is 0.851. The van der Waals surface area contributed by atoms with Crippen molar-refractivity contribution >= 4 is 11.9 Å². The van der Waals surface area contributed by atoms with E-state index < -0.39 is 12.1 Å². The predicted octanol–water partition coefficient (Wildman–Crippen LogP) is 0.811. The molecule has 0 aromatic heterocycles. The van der Waals surface area contributed by atoms with E-state index >= 15 is 0 Å². The first-order valence-corrected chi connectivity index (χ1v) is 4.10. The van der Waals surface area contributed by atoms with Gasteiger partial charge in [-0.2, -0.15) is 0 Å². The summed E-state index contributed by atoms with van der Waals surface area (Å²) in [5, 5.41) is 0. The van der Waals surface area contributed by atoms with Crippen LogP contribution in [0.15, 0.2) is 12.2 Å². The summed E-state index contributed by atoms with van der Waals surface area (Å²) in [4.78, 5) is 21.4. The van der Waals surface area contributed by atoms with Gasteiger partial charge in [-0.1, -0.05) is 5.57 Å². The molecule has 0 spiro atoms. The van der Waals surface area contributed by atoms with Crippen molar-refractivity contribution in [2.24, 2.45) is 0 Å². The van der Waals surface area contributed by atoms with E-state index in [1.807, 2.05) is 6.92 Å². The van der Waals surface area contributed by atoms with Crippen LogP contribution in [0.5, 0.6) is 0 Å². The van der Waals surface area contributed by atoms with Crippen molar-refractivity contribution in [3.8, 4) is 0 Å². The van der Waals surface area contributed by atoms with E-state index in [1.165, 1.54) is 0 Å². The topological polar surface area (TPSA) is 52.6 Å². The molecule has 1 heterocycles. The number of cyclic esters (lactones) is 1. The lowest BCUT2D eigenvalue weighted by Crippen LogP contribution is -2.40. The highest BCUT2D eigenvalue weighted by Crippen LogP contribution is 2.14. The number of hydrogen-bond donors (Lipinski definition) is 0. The summed E-state index contributed by atoms with van der Waals surface area (Å²) >= 11 is 0. The predicted molar refractivity (Wildman–Crippen MR) is 44.9 cm³/mol. The Labute approximate surface area is 76.5 Å². The molecule has 0 aromatic rings. The highest BCUT2D eigenvalue weighted by Gasteiger charge is 2.36. The average molecular weight is 184 g/mol. The molecule has 1 rings (SSSR count). The maximum absolute atomic E-state index is 11.0. The first-order valence-electron chi connectivity index (χ1n) is 4.10. The quantitative estimate of drug-likeness (QED) is 0.479. The van der Waals surface area contributed by atoms with Crippen LogP contribution in [0.1, 0.15) is 19.8 Å². The smallest absolute Gasteiger partial charge is 0.348 e. The third-order valence-corrected chi connectivity index (χ3v) is 1.66. The van der Waals surface area contributed by atoms with E-state index in [9.17, 15) is 9.59 Å². The molecule has 1 aliphatic rings. The molecule has 1 atom stereocenters. The molecule has 0 N–H and O–H groups in total. The van der Waals surface area contributed by atoms with Gasteiger partial charge in [-0.05, 0) is 6.92 Å². The first-order chi connectivity index (χ1) is 6.09. The summed E-state index contributed by atoms with van der Waals surface area (Å²) in [7, 11) is 0. The monoisotopic (exact) mass is 184 g/mol. The number of ether oxygens (including phenoxy) is 2. The number of carbonyl (C=O) groups is 2. The Morgan fingerprint density at radius 3 is 2.85 bits per heavy atom. The van der Waals surface area contributed by atoms with E-state index in [2.05, 4.69) is 11.3 Å². The standard InChI is InChI=1S/C9H12O4/c1-6(2)3-4-12-9(11)7-5-8(10)13-7/h7H,1,3-5H2,2H3/t7-/m1/s1. The highest BCUT2D eigenvalue weighted by atomic mass is 16.6. The first kappa shape index (κ1) is 9.77. The molecule has 13 heavy (non-hydrogen) atoms. The van der Waals surface area contributed by atoms with Crippen LogP contribution < -0.4 is 0 Å². The molecule has 72 valence electrons. The molecule has 0 saturated carbocycles. The minimum Gasteiger partial charge on any atom is -0.463 e. The SMILES string of the molecule is C=C(C)CCOC(=O)[C@H]1CC(=O)O1. The van der Waals surface area contributed by atoms with Crippen LogP contribution in [-0.4, -0.2) is 24.6 Å². The molecule has 0 aliphatic carbocycles. The molecule has 0 amide bonds. The van der Waals surface area contributed by atoms with Crippen molar-refractivity contribution in [1.29, 1.82) is 0 Å². The van der Waals surface area contributed by atoms with Crippen LogP contribution in [-0.2, 0) is 19.1 Å². The van der Waals surface area contributed by atoms with Crippen LogP contribution >= 0.6 is 0 Å². The van der Waals surface area contributed by atoms with E-state index in [-0.39, 0.29) is 12.4 Å². The largest absolute Gasteiger partial charge is 0.463 e. The maximum Gasteiger partial charge on any atom is 0.348 e. The van der Waals surface area contributed by atoms with Crippen LogP contribution in [0.25, 0.3) is 0 Å². The summed E-state index contributed by atoms with van der Waals surface area (Å²) in [5.74, 6) is -0.803. The van der Waals surface area contributed by atoms with Gasteiger partial charge in [-0.15, -0.1) is 6.58 Å². The molecule has 1 aliphatic heterocycles. The van der Waals surface area contributed by atoms with E-state index in [0.29, 0.717) is 13.0 Å². The molecule has 0 unspecified atom stereocenters. The minimum atomic E-state index is -0.669. The molecule has 4 heteroatoms. The Hall–Kier alpha value is -1.32. The molecule has 1 saturated heterocycles. The van der Waals surface area contributed by atoms with Crippen molar-refractivity contribution in [1.82, 2.24) is 0 Å². The molecule has 0 bridgehead atoms. The number of carbonyl (C=O) groups excluding carboxylic acids is 2. The van der Waals surface area contributed by atoms with Crippen molar-refractivity contribution in [3.63, 3.8) is 0 Å². The number of rotatable bonds is 4. The number of hydrogen-bond acceptors (Lipinski definition) is 4. The summed E-state index contributed by atoms with van der Waals surface area (Å²) in [5.41, 5.74) is 0.957. The van der Waals surface area contributed by atoms with Crippen LogP contribution in [0.4, 0.5) is 0 Å². The van der Waals surface area contributed by atoms with Gasteiger partial charge in [-0.3, -0.25) is 4.79 Å². The third kappa shape index (κ3) is 2.89. The molecule has 4 nitrogen and oxygen atoms in total. The molecule has 0 radical (unpaired) electrons. The second kappa shape index (κ2) is 4.07. The van der Waals surface area contributed by atoms with Gasteiger partial charge >= 0.3 is 11.9 Å². The Balaban J connectivity index is 2.11. The minimum absolute atomic E-state index is 0.145. The third-order valence-electron chi connectivity index (χ3n) is 1.66. The Morgan fingerprint density at radius 1 is 1.77 bits per heavy atom. The summed E-state index contributed by atoms with van der Waals surface area (Å²) in [6.07, 6.45) is 0.121. The zero-order valence-corrected chi connectivity index (χ0v) is 7.54. The summed E-state index contributed by atoms with van der Waals surface area (Å²) < 4.78 is 9.35. The molecule has 0 aromatic carbocycles. The molecule has 1 fully saturated rings. The van der Waals surface area contributed by atoms with Crippen molar-refractivity contribution in [2.45, 2.75) is 25.9 Å². The van der Waals surface area contributed by atoms with Gasteiger partial charge in [0.25, 0.3) is 0 Å². The molecular formula is C9H12O4.